The Morgan fingerprint density at radius 2 is 1.76 bits per heavy atom. The van der Waals surface area contributed by atoms with Gasteiger partial charge in [0.2, 0.25) is 0 Å². The molecule has 2 N–H and O–H groups in total. The number of aromatic nitrogens is 1. The third-order valence-electron chi connectivity index (χ3n) is 1.52. The Labute approximate surface area is 94.2 Å². The number of carbonyl (C=O) groups excluding carboxylic acids is 1. The summed E-state index contributed by atoms with van der Waals surface area (Å²) in [5.74, 6) is -1.46. The summed E-state index contributed by atoms with van der Waals surface area (Å²) in [7, 11) is 0. The van der Waals surface area contributed by atoms with Gasteiger partial charge in [-0.25, -0.2) is 4.98 Å². The Bertz CT molecular complexity index is 435. The zero-order valence-corrected chi connectivity index (χ0v) is 8.63. The summed E-state index contributed by atoms with van der Waals surface area (Å²) in [6.45, 7) is 0. The molecule has 0 atom stereocenters. The summed E-state index contributed by atoms with van der Waals surface area (Å²) in [6.07, 6.45) is -11.3. The topological polar surface area (TPSA) is 56.0 Å². The van der Waals surface area contributed by atoms with E-state index in [-0.39, 0.29) is 11.3 Å². The van der Waals surface area contributed by atoms with Crippen LogP contribution in [0.2, 0.25) is 0 Å². The maximum absolute atomic E-state index is 12.3. The number of rotatable bonds is 2. The molecule has 0 aromatic carbocycles. The predicted molar refractivity (Wildman–Crippen MR) is 45.4 cm³/mol. The minimum atomic E-state index is -5.01. The first kappa shape index (κ1) is 13.7. The molecule has 3 nitrogen and oxygen atoms in total. The summed E-state index contributed by atoms with van der Waals surface area (Å²) < 4.78 is 72.8. The Morgan fingerprint density at radius 3 is 2.06 bits per heavy atom. The number of hydrogen-bond acceptors (Lipinski definition) is 3. The zero-order chi connectivity index (χ0) is 13.4. The van der Waals surface area contributed by atoms with Crippen molar-refractivity contribution in [1.29, 1.82) is 0 Å². The Kier molecular flexibility index (Phi) is 3.37. The molecule has 0 bridgehead atoms. The van der Waals surface area contributed by atoms with E-state index in [1.54, 1.807) is 0 Å². The third-order valence-corrected chi connectivity index (χ3v) is 2.59. The molecular formula is C7H4F6N2OS. The summed E-state index contributed by atoms with van der Waals surface area (Å²) in [5, 5.41) is -0.848. The van der Waals surface area contributed by atoms with Crippen LogP contribution in [0.5, 0.6) is 0 Å². The fourth-order valence-electron chi connectivity index (χ4n) is 0.971. The van der Waals surface area contributed by atoms with E-state index in [1.165, 1.54) is 0 Å². The zero-order valence-electron chi connectivity index (χ0n) is 7.82. The van der Waals surface area contributed by atoms with Crippen molar-refractivity contribution >= 4 is 17.2 Å². The fourth-order valence-corrected chi connectivity index (χ4v) is 1.94. The van der Waals surface area contributed by atoms with Crippen LogP contribution >= 0.6 is 11.3 Å². The van der Waals surface area contributed by atoms with Crippen LogP contribution < -0.4 is 5.73 Å². The highest BCUT2D eigenvalue weighted by Crippen LogP contribution is 2.35. The first-order valence-corrected chi connectivity index (χ1v) is 4.76. The molecule has 1 amide bonds. The van der Waals surface area contributed by atoms with E-state index in [4.69, 9.17) is 0 Å². The number of nitrogens with two attached hydrogens (primary N) is 1. The maximum atomic E-state index is 12.3. The average molecular weight is 278 g/mol. The average Bonchev–Trinajstić information content (AvgIpc) is 2.43. The van der Waals surface area contributed by atoms with Gasteiger partial charge in [0.1, 0.15) is 9.88 Å². The number of alkyl halides is 6. The van der Waals surface area contributed by atoms with Crippen molar-refractivity contribution in [3.63, 3.8) is 0 Å². The highest BCUT2D eigenvalue weighted by atomic mass is 32.1. The van der Waals surface area contributed by atoms with Crippen molar-refractivity contribution in [1.82, 2.24) is 4.98 Å². The van der Waals surface area contributed by atoms with Gasteiger partial charge < -0.3 is 5.73 Å². The molecule has 1 heterocycles. The van der Waals surface area contributed by atoms with E-state index >= 15 is 0 Å². The molecule has 0 aliphatic carbocycles. The van der Waals surface area contributed by atoms with Crippen molar-refractivity contribution in [2.75, 3.05) is 0 Å². The van der Waals surface area contributed by atoms with E-state index in [2.05, 4.69) is 10.7 Å². The van der Waals surface area contributed by atoms with Crippen LogP contribution in [0.4, 0.5) is 26.3 Å². The van der Waals surface area contributed by atoms with Gasteiger partial charge >= 0.3 is 12.4 Å². The van der Waals surface area contributed by atoms with Crippen LogP contribution in [0.1, 0.15) is 20.4 Å². The van der Waals surface area contributed by atoms with Gasteiger partial charge in [0.15, 0.2) is 5.69 Å². The van der Waals surface area contributed by atoms with E-state index < -0.39 is 40.3 Å². The van der Waals surface area contributed by atoms with Gasteiger partial charge in [-0.05, 0) is 0 Å². The second-order valence-electron chi connectivity index (χ2n) is 2.94. The van der Waals surface area contributed by atoms with Crippen molar-refractivity contribution in [2.24, 2.45) is 5.73 Å². The van der Waals surface area contributed by atoms with E-state index in [0.717, 1.165) is 0 Å². The first-order valence-electron chi connectivity index (χ1n) is 3.94. The quantitative estimate of drug-likeness (QED) is 0.844. The van der Waals surface area contributed by atoms with Crippen LogP contribution in [0.3, 0.4) is 0 Å². The van der Waals surface area contributed by atoms with Crippen molar-refractivity contribution < 1.29 is 31.1 Å². The molecule has 0 aliphatic rings. The van der Waals surface area contributed by atoms with Crippen molar-refractivity contribution in [2.45, 2.75) is 18.8 Å². The molecule has 0 saturated carbocycles. The van der Waals surface area contributed by atoms with Gasteiger partial charge in [0, 0.05) is 0 Å². The fraction of sp³-hybridized carbons (Fsp3) is 0.429. The lowest BCUT2D eigenvalue weighted by Gasteiger charge is -2.03. The lowest BCUT2D eigenvalue weighted by Crippen LogP contribution is -2.17. The van der Waals surface area contributed by atoms with Crippen LogP contribution in [0.15, 0.2) is 0 Å². The highest BCUT2D eigenvalue weighted by molar-refractivity contribution is 7.13. The number of thiazole rings is 1. The molecule has 17 heavy (non-hydrogen) atoms. The second kappa shape index (κ2) is 4.17. The van der Waals surface area contributed by atoms with Gasteiger partial charge in [-0.2, -0.15) is 26.3 Å². The lowest BCUT2D eigenvalue weighted by atomic mass is 10.3. The van der Waals surface area contributed by atoms with Crippen LogP contribution in [0.25, 0.3) is 0 Å². The normalized spacial score (nSPS) is 12.8. The number of primary amides is 1. The number of amides is 1. The SMILES string of the molecule is NC(=O)c1sc(CC(F)(F)F)nc1C(F)(F)F. The minimum absolute atomic E-state index is 0.00431. The van der Waals surface area contributed by atoms with Crippen LogP contribution in [0, 0.1) is 0 Å². The van der Waals surface area contributed by atoms with Crippen molar-refractivity contribution in [3.8, 4) is 0 Å². The monoisotopic (exact) mass is 278 g/mol. The van der Waals surface area contributed by atoms with Crippen molar-refractivity contribution in [3.05, 3.63) is 15.6 Å². The van der Waals surface area contributed by atoms with E-state index in [9.17, 15) is 31.1 Å². The second-order valence-corrected chi connectivity index (χ2v) is 4.02. The molecule has 10 heteroatoms. The Hall–Kier alpha value is -1.32. The van der Waals surface area contributed by atoms with Gasteiger partial charge in [-0.15, -0.1) is 11.3 Å². The maximum Gasteiger partial charge on any atom is 0.435 e. The number of hydrogen-bond donors (Lipinski definition) is 1. The van der Waals surface area contributed by atoms with E-state index in [1.807, 2.05) is 0 Å². The molecule has 1 aromatic heterocycles. The Balaban J connectivity index is 3.18. The summed E-state index contributed by atoms with van der Waals surface area (Å²) in [4.78, 5) is 12.4. The molecular weight excluding hydrogens is 274 g/mol. The standard InChI is InChI=1S/C7H4F6N2OS/c8-6(9,10)1-2-15-4(7(11,12)13)3(17-2)5(14)16/h1H2,(H2,14,16). The van der Waals surface area contributed by atoms with Gasteiger partial charge in [0.25, 0.3) is 5.91 Å². The molecule has 0 fully saturated rings. The van der Waals surface area contributed by atoms with Gasteiger partial charge in [-0.3, -0.25) is 4.79 Å². The predicted octanol–water partition coefficient (Wildman–Crippen LogP) is 2.37. The first-order chi connectivity index (χ1) is 7.50. The molecule has 1 aromatic rings. The Morgan fingerprint density at radius 1 is 1.24 bits per heavy atom. The van der Waals surface area contributed by atoms with Crippen LogP contribution in [-0.2, 0) is 12.6 Å². The molecule has 0 unspecified atom stereocenters. The minimum Gasteiger partial charge on any atom is -0.365 e. The van der Waals surface area contributed by atoms with Crippen LogP contribution in [-0.4, -0.2) is 17.1 Å². The number of carbonyl (C=O) groups is 1. The van der Waals surface area contributed by atoms with Gasteiger partial charge in [0.05, 0.1) is 6.42 Å². The third kappa shape index (κ3) is 3.58. The summed E-state index contributed by atoms with van der Waals surface area (Å²) in [6, 6.07) is 0. The molecule has 1 rings (SSSR count). The lowest BCUT2D eigenvalue weighted by molar-refractivity contribution is -0.142. The molecule has 0 aliphatic heterocycles. The highest BCUT2D eigenvalue weighted by Gasteiger charge is 2.40. The molecule has 0 radical (unpaired) electrons. The number of halogens is 6. The molecule has 0 spiro atoms. The smallest absolute Gasteiger partial charge is 0.365 e. The largest absolute Gasteiger partial charge is 0.435 e. The summed E-state index contributed by atoms with van der Waals surface area (Å²) in [5.41, 5.74) is 2.97. The van der Waals surface area contributed by atoms with Gasteiger partial charge in [-0.1, -0.05) is 0 Å². The van der Waals surface area contributed by atoms with E-state index in [0.29, 0.717) is 0 Å². The number of nitrogens with zero attached hydrogens (tertiary/aromatic N) is 1. The summed E-state index contributed by atoms with van der Waals surface area (Å²) >= 11 is -0.00431. The molecule has 96 valence electrons. The molecule has 0 saturated heterocycles.